The molecular formula is C36H41IN2O5. The second-order valence-corrected chi connectivity index (χ2v) is 14.2. The fraction of sp³-hybridized carbons (Fsp3) is 0.444. The number of rotatable bonds is 8. The van der Waals surface area contributed by atoms with Crippen LogP contribution >= 0.6 is 22.6 Å². The Balaban J connectivity index is 1.44. The third kappa shape index (κ3) is 5.12. The second-order valence-electron chi connectivity index (χ2n) is 13.0. The number of hydrogen-bond acceptors (Lipinski definition) is 5. The van der Waals surface area contributed by atoms with Crippen LogP contribution in [0, 0.1) is 15.4 Å². The van der Waals surface area contributed by atoms with Gasteiger partial charge in [0.15, 0.2) is 5.60 Å². The van der Waals surface area contributed by atoms with Gasteiger partial charge in [-0.2, -0.15) is 0 Å². The van der Waals surface area contributed by atoms with Gasteiger partial charge < -0.3 is 24.4 Å². The summed E-state index contributed by atoms with van der Waals surface area (Å²) in [6.07, 6.45) is 1.31. The smallest absolute Gasteiger partial charge is 0.264 e. The second kappa shape index (κ2) is 12.1. The first-order chi connectivity index (χ1) is 21.1. The number of methoxy groups -OCH3 is 1. The summed E-state index contributed by atoms with van der Waals surface area (Å²) in [6.45, 7) is 7.54. The maximum absolute atomic E-state index is 14.8. The van der Waals surface area contributed by atoms with Crippen LogP contribution in [0.2, 0.25) is 0 Å². The summed E-state index contributed by atoms with van der Waals surface area (Å²) in [5, 5.41) is 9.96. The summed E-state index contributed by atoms with van der Waals surface area (Å²) in [5.41, 5.74) is 2.19. The quantitative estimate of drug-likeness (QED) is 0.289. The van der Waals surface area contributed by atoms with Gasteiger partial charge in [0.05, 0.1) is 44.5 Å². The van der Waals surface area contributed by atoms with Gasteiger partial charge in [-0.05, 0) is 82.3 Å². The third-order valence-corrected chi connectivity index (χ3v) is 10.9. The first-order valence-corrected chi connectivity index (χ1v) is 16.6. The molecule has 7 nitrogen and oxygen atoms in total. The van der Waals surface area contributed by atoms with Gasteiger partial charge in [-0.1, -0.05) is 63.2 Å². The lowest BCUT2D eigenvalue weighted by molar-refractivity contribution is -0.150. The molecule has 0 radical (unpaired) electrons. The number of ether oxygens (including phenoxy) is 2. The average Bonchev–Trinajstić information content (AvgIpc) is 3.68. The van der Waals surface area contributed by atoms with Crippen molar-refractivity contribution in [1.29, 1.82) is 0 Å². The molecule has 0 aliphatic carbocycles. The molecule has 3 heterocycles. The third-order valence-electron chi connectivity index (χ3n) is 10.3. The van der Waals surface area contributed by atoms with Gasteiger partial charge in [-0.15, -0.1) is 0 Å². The van der Waals surface area contributed by atoms with E-state index in [0.717, 1.165) is 44.5 Å². The number of fused-ring (bicyclic) bond motifs is 2. The Morgan fingerprint density at radius 2 is 1.84 bits per heavy atom. The van der Waals surface area contributed by atoms with E-state index in [2.05, 4.69) is 61.6 Å². The molecule has 8 heteroatoms. The number of aliphatic hydroxyl groups is 1. The van der Waals surface area contributed by atoms with Crippen LogP contribution < -0.4 is 9.64 Å². The first-order valence-electron chi connectivity index (χ1n) is 15.5. The van der Waals surface area contributed by atoms with E-state index in [1.807, 2.05) is 64.4 Å². The molecule has 3 aromatic rings. The lowest BCUT2D eigenvalue weighted by Crippen LogP contribution is -2.45. The van der Waals surface area contributed by atoms with Crippen molar-refractivity contribution in [3.8, 4) is 5.75 Å². The maximum Gasteiger partial charge on any atom is 0.264 e. The molecule has 0 bridgehead atoms. The fourth-order valence-electron chi connectivity index (χ4n) is 8.05. The summed E-state index contributed by atoms with van der Waals surface area (Å²) in [5.74, 6) is 0.265. The predicted octanol–water partition coefficient (Wildman–Crippen LogP) is 6.04. The lowest BCUT2D eigenvalue weighted by atomic mass is 9.63. The van der Waals surface area contributed by atoms with E-state index < -0.39 is 17.1 Å². The number of aliphatic hydroxyl groups excluding tert-OH is 1. The van der Waals surface area contributed by atoms with Crippen LogP contribution in [0.3, 0.4) is 0 Å². The molecule has 44 heavy (non-hydrogen) atoms. The first kappa shape index (κ1) is 31.0. The fourth-order valence-corrected chi connectivity index (χ4v) is 8.54. The van der Waals surface area contributed by atoms with E-state index in [1.165, 1.54) is 0 Å². The highest BCUT2D eigenvalue weighted by molar-refractivity contribution is 14.1. The Morgan fingerprint density at radius 1 is 1.11 bits per heavy atom. The number of likely N-dealkylation sites (tertiary alicyclic amines) is 1. The van der Waals surface area contributed by atoms with Crippen LogP contribution in [-0.2, 0) is 31.9 Å². The molecule has 3 aromatic carbocycles. The zero-order valence-electron chi connectivity index (χ0n) is 25.8. The van der Waals surface area contributed by atoms with Crippen LogP contribution in [-0.4, -0.2) is 54.2 Å². The topological polar surface area (TPSA) is 79.3 Å². The predicted molar refractivity (Wildman–Crippen MR) is 178 cm³/mol. The van der Waals surface area contributed by atoms with Gasteiger partial charge >= 0.3 is 0 Å². The van der Waals surface area contributed by atoms with Crippen LogP contribution in [0.1, 0.15) is 56.7 Å². The maximum atomic E-state index is 14.8. The number of hydrogen-bond donors (Lipinski definition) is 1. The molecule has 2 saturated heterocycles. The summed E-state index contributed by atoms with van der Waals surface area (Å²) in [4.78, 5) is 32.4. The van der Waals surface area contributed by atoms with Crippen LogP contribution in [0.15, 0.2) is 72.8 Å². The Bertz CT molecular complexity index is 1530. The zero-order valence-corrected chi connectivity index (χ0v) is 28.0. The minimum Gasteiger partial charge on any atom is -0.497 e. The number of nitrogens with zero attached hydrogens (tertiary/aromatic N) is 2. The highest BCUT2D eigenvalue weighted by Crippen LogP contribution is 2.60. The summed E-state index contributed by atoms with van der Waals surface area (Å²) >= 11 is 2.30. The van der Waals surface area contributed by atoms with E-state index in [0.29, 0.717) is 13.1 Å². The van der Waals surface area contributed by atoms with Crippen LogP contribution in [0.25, 0.3) is 0 Å². The van der Waals surface area contributed by atoms with E-state index in [-0.39, 0.29) is 42.7 Å². The summed E-state index contributed by atoms with van der Waals surface area (Å²) in [6, 6.07) is 24.1. The monoisotopic (exact) mass is 708 g/mol. The van der Waals surface area contributed by atoms with Crippen molar-refractivity contribution in [1.82, 2.24) is 4.90 Å². The van der Waals surface area contributed by atoms with Crippen molar-refractivity contribution in [2.24, 2.45) is 11.8 Å². The molecule has 6 rings (SSSR count). The van der Waals surface area contributed by atoms with Gasteiger partial charge in [0, 0.05) is 27.5 Å². The summed E-state index contributed by atoms with van der Waals surface area (Å²) < 4.78 is 13.6. The standard InChI is InChI=1S/C36H41IN2O5/c1-23-33(35(2,3)25-12-15-28(43-4)16-13-25)31(20-32(41)38-18-8-11-27(38)22-40)44-36(23)29-19-26(37)14-17-30(29)39(34(36)42)21-24-9-6-5-7-10-24/h5-7,9-10,12-17,19,23,27,31,33,40H,8,11,18,20-22H2,1-4H3/t23-,27-,31+,33-,36+/m0/s1. The molecular weight excluding hydrogens is 667 g/mol. The molecule has 2 amide bonds. The molecule has 5 atom stereocenters. The zero-order chi connectivity index (χ0) is 31.2. The summed E-state index contributed by atoms with van der Waals surface area (Å²) in [7, 11) is 1.65. The van der Waals surface area contributed by atoms with Crippen molar-refractivity contribution < 1.29 is 24.2 Å². The van der Waals surface area contributed by atoms with Gasteiger partial charge in [0.2, 0.25) is 5.91 Å². The number of halogens is 1. The molecule has 0 saturated carbocycles. The van der Waals surface area contributed by atoms with Crippen molar-refractivity contribution >= 4 is 40.1 Å². The molecule has 3 aliphatic rings. The lowest BCUT2D eigenvalue weighted by Gasteiger charge is -2.39. The van der Waals surface area contributed by atoms with Gasteiger partial charge in [-0.25, -0.2) is 0 Å². The van der Waals surface area contributed by atoms with Gasteiger partial charge in [0.25, 0.3) is 5.91 Å². The molecule has 3 aliphatic heterocycles. The Labute approximate surface area is 273 Å². The minimum absolute atomic E-state index is 0.0271. The van der Waals surface area contributed by atoms with Crippen molar-refractivity contribution in [2.45, 2.75) is 69.7 Å². The Hall–Kier alpha value is -2.95. The number of benzene rings is 3. The highest BCUT2D eigenvalue weighted by atomic mass is 127. The SMILES string of the molecule is COc1ccc(C(C)(C)[C@@H]2[C@@H](CC(=O)N3CCC[C@H]3CO)O[C@]3(C(=O)N(Cc4ccccc4)c4ccc(I)cc43)[C@H]2C)cc1. The van der Waals surface area contributed by atoms with Crippen molar-refractivity contribution in [2.75, 3.05) is 25.2 Å². The van der Waals surface area contributed by atoms with Gasteiger partial charge in [-0.3, -0.25) is 9.59 Å². The number of carbonyl (C=O) groups is 2. The molecule has 232 valence electrons. The van der Waals surface area contributed by atoms with E-state index in [4.69, 9.17) is 9.47 Å². The molecule has 0 aromatic heterocycles. The van der Waals surface area contributed by atoms with E-state index >= 15 is 0 Å². The highest BCUT2D eigenvalue weighted by Gasteiger charge is 2.66. The van der Waals surface area contributed by atoms with E-state index in [1.54, 1.807) is 7.11 Å². The average molecular weight is 709 g/mol. The molecule has 2 fully saturated rings. The number of amides is 2. The van der Waals surface area contributed by atoms with Crippen molar-refractivity contribution in [3.63, 3.8) is 0 Å². The molecule has 0 unspecified atom stereocenters. The number of carbonyl (C=O) groups excluding carboxylic acids is 2. The molecule has 1 N–H and O–H groups in total. The van der Waals surface area contributed by atoms with Crippen LogP contribution in [0.4, 0.5) is 5.69 Å². The Morgan fingerprint density at radius 3 is 2.52 bits per heavy atom. The normalized spacial score (nSPS) is 26.5. The number of anilines is 1. The Kier molecular flexibility index (Phi) is 8.54. The largest absolute Gasteiger partial charge is 0.497 e. The minimum atomic E-state index is -1.23. The van der Waals surface area contributed by atoms with E-state index in [9.17, 15) is 14.7 Å². The molecule has 1 spiro atoms. The van der Waals surface area contributed by atoms with Gasteiger partial charge in [0.1, 0.15) is 5.75 Å². The van der Waals surface area contributed by atoms with Crippen molar-refractivity contribution in [3.05, 3.63) is 93.1 Å². The van der Waals surface area contributed by atoms with Crippen LogP contribution in [0.5, 0.6) is 5.75 Å².